The molecule has 2 heterocycles. The van der Waals surface area contributed by atoms with Gasteiger partial charge in [-0.15, -0.1) is 0 Å². The van der Waals surface area contributed by atoms with Gasteiger partial charge in [0.25, 0.3) is 0 Å². The van der Waals surface area contributed by atoms with E-state index in [1.54, 1.807) is 13.2 Å². The van der Waals surface area contributed by atoms with Gasteiger partial charge in [0.2, 0.25) is 0 Å². The van der Waals surface area contributed by atoms with E-state index in [4.69, 9.17) is 9.47 Å². The van der Waals surface area contributed by atoms with Gasteiger partial charge in [0.1, 0.15) is 23.7 Å². The van der Waals surface area contributed by atoms with Crippen LogP contribution in [0.5, 0.6) is 5.75 Å². The molecule has 2 aromatic carbocycles. The number of hydrogen-bond acceptors (Lipinski definition) is 7. The monoisotopic (exact) mass is 498 g/mol. The molecule has 1 aliphatic carbocycles. The van der Waals surface area contributed by atoms with Crippen LogP contribution in [-0.4, -0.2) is 45.0 Å². The molecule has 0 bridgehead atoms. The van der Waals surface area contributed by atoms with E-state index in [1.165, 1.54) is 18.5 Å². The van der Waals surface area contributed by atoms with Gasteiger partial charge in [-0.05, 0) is 75.3 Å². The number of nitrogens with one attached hydrogen (secondary N) is 1. The van der Waals surface area contributed by atoms with Crippen molar-refractivity contribution in [3.8, 4) is 5.75 Å². The van der Waals surface area contributed by atoms with Crippen molar-refractivity contribution in [3.63, 3.8) is 0 Å². The van der Waals surface area contributed by atoms with Crippen molar-refractivity contribution >= 4 is 37.8 Å². The van der Waals surface area contributed by atoms with Gasteiger partial charge in [-0.3, -0.25) is 0 Å². The number of halogens is 1. The van der Waals surface area contributed by atoms with Crippen LogP contribution in [0.25, 0.3) is 10.9 Å². The molecule has 1 aromatic heterocycles. The van der Waals surface area contributed by atoms with E-state index < -0.39 is 9.73 Å². The van der Waals surface area contributed by atoms with Gasteiger partial charge in [-0.2, -0.15) is 4.36 Å². The van der Waals surface area contributed by atoms with Crippen LogP contribution in [0.3, 0.4) is 0 Å². The van der Waals surface area contributed by atoms with Crippen LogP contribution >= 0.6 is 0 Å². The molecule has 186 valence electrons. The fraction of sp³-hybridized carbons (Fsp3) is 0.462. The van der Waals surface area contributed by atoms with Gasteiger partial charge < -0.3 is 14.8 Å². The van der Waals surface area contributed by atoms with E-state index in [0.717, 1.165) is 49.5 Å². The highest BCUT2D eigenvalue weighted by Crippen LogP contribution is 2.36. The highest BCUT2D eigenvalue weighted by Gasteiger charge is 2.23. The lowest BCUT2D eigenvalue weighted by Gasteiger charge is -2.28. The second-order valence-corrected chi connectivity index (χ2v) is 11.9. The van der Waals surface area contributed by atoms with Gasteiger partial charge >= 0.3 is 0 Å². The second-order valence-electron chi connectivity index (χ2n) is 9.38. The molecule has 0 amide bonds. The third-order valence-electron chi connectivity index (χ3n) is 6.81. The summed E-state index contributed by atoms with van der Waals surface area (Å²) < 4.78 is 43.3. The molecule has 1 aliphatic heterocycles. The Labute approximate surface area is 205 Å². The average Bonchev–Trinajstić information content (AvgIpc) is 3.27. The summed E-state index contributed by atoms with van der Waals surface area (Å²) in [6, 6.07) is 8.27. The molecule has 5 rings (SSSR count). The van der Waals surface area contributed by atoms with E-state index >= 15 is 0 Å². The zero-order valence-corrected chi connectivity index (χ0v) is 20.9. The van der Waals surface area contributed by atoms with Gasteiger partial charge in [0.05, 0.1) is 38.8 Å². The van der Waals surface area contributed by atoms with Crippen molar-refractivity contribution < 1.29 is 18.1 Å². The molecule has 35 heavy (non-hydrogen) atoms. The second kappa shape index (κ2) is 10.1. The number of ether oxygens (including phenoxy) is 2. The molecule has 1 N–H and O–H groups in total. The molecule has 2 aliphatic rings. The number of benzene rings is 2. The largest absolute Gasteiger partial charge is 0.488 e. The number of fused-ring (bicyclic) bond motifs is 1. The fourth-order valence-corrected chi connectivity index (χ4v) is 7.14. The fourth-order valence-electron chi connectivity index (χ4n) is 4.95. The normalized spacial score (nSPS) is 21.7. The molecule has 2 fully saturated rings. The molecule has 0 radical (unpaired) electrons. The van der Waals surface area contributed by atoms with Crippen molar-refractivity contribution in [3.05, 3.63) is 48.0 Å². The highest BCUT2D eigenvalue weighted by atomic mass is 32.2. The quantitative estimate of drug-likeness (QED) is 0.445. The first-order valence-electron chi connectivity index (χ1n) is 12.2. The zero-order valence-electron chi connectivity index (χ0n) is 20.1. The minimum atomic E-state index is -2.17. The Bertz CT molecular complexity index is 1340. The summed E-state index contributed by atoms with van der Waals surface area (Å²) in [6.07, 6.45) is 7.25. The number of anilines is 2. The van der Waals surface area contributed by atoms with Gasteiger partial charge in [-0.1, -0.05) is 0 Å². The molecule has 0 spiro atoms. The maximum Gasteiger partial charge on any atom is 0.146 e. The Morgan fingerprint density at radius 3 is 2.54 bits per heavy atom. The number of aryl methyl sites for hydroxylation is 1. The number of aromatic nitrogens is 2. The van der Waals surface area contributed by atoms with Crippen LogP contribution in [0.4, 0.5) is 21.6 Å². The standard InChI is InChI=1S/C26H31FN4O3S/c1-17-13-19(31-35(32)11-3-4-12-35)15-23-25(17)26(29-16-28-23)30-22-10-5-18(27)14-24(22)34-21-8-6-20(33-2)7-9-21/h5,10,13-16,20-21H,3-4,6-9,11-12H2,1-2H3,(H,28,29,30)/t20-,21-. The van der Waals surface area contributed by atoms with E-state index in [1.807, 2.05) is 19.1 Å². The Balaban J connectivity index is 1.44. The first-order chi connectivity index (χ1) is 16.9. The van der Waals surface area contributed by atoms with E-state index in [0.29, 0.717) is 40.0 Å². The predicted octanol–water partition coefficient (Wildman–Crippen LogP) is 6.05. The highest BCUT2D eigenvalue weighted by molar-refractivity contribution is 7.93. The smallest absolute Gasteiger partial charge is 0.146 e. The third-order valence-corrected chi connectivity index (χ3v) is 9.21. The molecule has 1 saturated heterocycles. The molecule has 0 unspecified atom stereocenters. The van der Waals surface area contributed by atoms with Gasteiger partial charge in [0, 0.05) is 30.1 Å². The summed E-state index contributed by atoms with van der Waals surface area (Å²) >= 11 is 0. The maximum atomic E-state index is 14.1. The van der Waals surface area contributed by atoms with Crippen LogP contribution in [0.1, 0.15) is 44.1 Å². The van der Waals surface area contributed by atoms with Gasteiger partial charge in [-0.25, -0.2) is 18.6 Å². The predicted molar refractivity (Wildman–Crippen MR) is 137 cm³/mol. The van der Waals surface area contributed by atoms with Gasteiger partial charge in [0.15, 0.2) is 0 Å². The first-order valence-corrected chi connectivity index (χ1v) is 14.0. The molecule has 9 heteroatoms. The third kappa shape index (κ3) is 5.41. The molecular weight excluding hydrogens is 467 g/mol. The zero-order chi connectivity index (χ0) is 24.4. The summed E-state index contributed by atoms with van der Waals surface area (Å²) in [4.78, 5) is 8.91. The molecule has 7 nitrogen and oxygen atoms in total. The lowest BCUT2D eigenvalue weighted by atomic mass is 9.95. The minimum Gasteiger partial charge on any atom is -0.488 e. The lowest BCUT2D eigenvalue weighted by molar-refractivity contribution is 0.0329. The van der Waals surface area contributed by atoms with E-state index in [9.17, 15) is 8.60 Å². The summed E-state index contributed by atoms with van der Waals surface area (Å²) in [5.41, 5.74) is 2.96. The summed E-state index contributed by atoms with van der Waals surface area (Å²) in [7, 11) is -0.438. The van der Waals surface area contributed by atoms with Crippen LogP contribution in [0.2, 0.25) is 0 Å². The van der Waals surface area contributed by atoms with Crippen molar-refractivity contribution in [2.75, 3.05) is 23.9 Å². The Hall–Kier alpha value is -2.78. The van der Waals surface area contributed by atoms with Crippen molar-refractivity contribution in [1.82, 2.24) is 9.97 Å². The first kappa shape index (κ1) is 23.9. The summed E-state index contributed by atoms with van der Waals surface area (Å²) in [5, 5.41) is 4.18. The van der Waals surface area contributed by atoms with Crippen LogP contribution < -0.4 is 10.1 Å². The molecular formula is C26H31FN4O3S. The topological polar surface area (TPSA) is 85.7 Å². The molecule has 0 atom stereocenters. The lowest BCUT2D eigenvalue weighted by Crippen LogP contribution is -2.27. The average molecular weight is 499 g/mol. The SMILES string of the molecule is CO[C@H]1CC[C@H](Oc2cc(F)ccc2Nc2ncnc3cc(N=S4(=O)CCCC4)cc(C)c23)CC1. The Morgan fingerprint density at radius 1 is 1.06 bits per heavy atom. The Morgan fingerprint density at radius 2 is 1.80 bits per heavy atom. The number of nitrogens with zero attached hydrogens (tertiary/aromatic N) is 3. The van der Waals surface area contributed by atoms with Crippen molar-refractivity contribution in [2.24, 2.45) is 4.36 Å². The van der Waals surface area contributed by atoms with Crippen LogP contribution in [0.15, 0.2) is 41.0 Å². The minimum absolute atomic E-state index is 0.00861. The number of methoxy groups -OCH3 is 1. The maximum absolute atomic E-state index is 14.1. The number of rotatable bonds is 6. The Kier molecular flexibility index (Phi) is 6.88. The van der Waals surface area contributed by atoms with Crippen molar-refractivity contribution in [1.29, 1.82) is 0 Å². The number of hydrogen-bond donors (Lipinski definition) is 1. The van der Waals surface area contributed by atoms with Crippen LogP contribution in [0, 0.1) is 12.7 Å². The summed E-state index contributed by atoms with van der Waals surface area (Å²) in [6.45, 7) is 1.97. The summed E-state index contributed by atoms with van der Waals surface area (Å²) in [5.74, 6) is 2.01. The van der Waals surface area contributed by atoms with E-state index in [-0.39, 0.29) is 18.0 Å². The molecule has 3 aromatic rings. The van der Waals surface area contributed by atoms with Crippen LogP contribution in [-0.2, 0) is 14.5 Å². The van der Waals surface area contributed by atoms with Crippen molar-refractivity contribution in [2.45, 2.75) is 57.7 Å². The molecule has 1 saturated carbocycles. The van der Waals surface area contributed by atoms with E-state index in [2.05, 4.69) is 19.6 Å².